The molecule has 0 aliphatic heterocycles. The van der Waals surface area contributed by atoms with Crippen LogP contribution in [-0.4, -0.2) is 9.97 Å². The molecule has 0 aliphatic rings. The molecule has 0 bridgehead atoms. The number of halogens is 1. The molecule has 2 N–H and O–H groups in total. The van der Waals surface area contributed by atoms with Crippen molar-refractivity contribution in [2.75, 3.05) is 0 Å². The number of fused-ring (bicyclic) bond motifs is 1. The first-order valence-electron chi connectivity index (χ1n) is 3.52. The predicted molar refractivity (Wildman–Crippen MR) is 60.5 cm³/mol. The van der Waals surface area contributed by atoms with E-state index in [0.717, 1.165) is 15.1 Å². The highest BCUT2D eigenvalue weighted by molar-refractivity contribution is 7.81. The van der Waals surface area contributed by atoms with Crippen LogP contribution in [-0.2, 0) is 0 Å². The molecule has 2 nitrogen and oxygen atoms in total. The monoisotopic (exact) mass is 228 g/mol. The molecule has 5 heteroatoms. The van der Waals surface area contributed by atoms with Gasteiger partial charge >= 0.3 is 0 Å². The second-order valence-corrected chi connectivity index (χ2v) is 4.38. The molecule has 0 saturated heterocycles. The largest absolute Gasteiger partial charge is 0.389 e. The van der Waals surface area contributed by atoms with Gasteiger partial charge in [-0.2, -0.15) is 0 Å². The Morgan fingerprint density at radius 2 is 2.38 bits per heavy atom. The standard InChI is InChI=1S/C8H5ClN2S2/c9-4-1-2-11-5-3-6(8(10)12)13-7(4)5/h1-3H,(H2,10,12). The van der Waals surface area contributed by atoms with Crippen LogP contribution < -0.4 is 5.73 Å². The van der Waals surface area contributed by atoms with E-state index < -0.39 is 0 Å². The molecule has 0 amide bonds. The number of hydrogen-bond acceptors (Lipinski definition) is 3. The van der Waals surface area contributed by atoms with E-state index >= 15 is 0 Å². The lowest BCUT2D eigenvalue weighted by Crippen LogP contribution is -2.06. The summed E-state index contributed by atoms with van der Waals surface area (Å²) < 4.78 is 0.937. The average Bonchev–Trinajstić information content (AvgIpc) is 2.49. The first-order valence-corrected chi connectivity index (χ1v) is 5.12. The molecule has 2 rings (SSSR count). The molecule has 13 heavy (non-hydrogen) atoms. The molecular formula is C8H5ClN2S2. The van der Waals surface area contributed by atoms with Gasteiger partial charge in [0.25, 0.3) is 0 Å². The van der Waals surface area contributed by atoms with E-state index in [0.29, 0.717) is 10.0 Å². The number of nitrogens with zero attached hydrogens (tertiary/aromatic N) is 1. The van der Waals surface area contributed by atoms with Crippen LogP contribution in [0, 0.1) is 0 Å². The van der Waals surface area contributed by atoms with Crippen molar-refractivity contribution in [1.82, 2.24) is 4.98 Å². The number of thiocarbonyl (C=S) groups is 1. The van der Waals surface area contributed by atoms with Gasteiger partial charge in [-0.1, -0.05) is 23.8 Å². The summed E-state index contributed by atoms with van der Waals surface area (Å²) >= 11 is 12.3. The maximum absolute atomic E-state index is 5.96. The van der Waals surface area contributed by atoms with E-state index in [9.17, 15) is 0 Å². The van der Waals surface area contributed by atoms with Crippen molar-refractivity contribution in [3.63, 3.8) is 0 Å². The van der Waals surface area contributed by atoms with Crippen molar-refractivity contribution in [2.45, 2.75) is 0 Å². The van der Waals surface area contributed by atoms with E-state index in [-0.39, 0.29) is 0 Å². The van der Waals surface area contributed by atoms with Crippen LogP contribution in [0.3, 0.4) is 0 Å². The molecule has 0 spiro atoms. The number of nitrogens with two attached hydrogens (primary N) is 1. The van der Waals surface area contributed by atoms with Crippen molar-refractivity contribution in [3.05, 3.63) is 28.2 Å². The molecule has 2 heterocycles. The molecular weight excluding hydrogens is 224 g/mol. The normalized spacial score (nSPS) is 10.5. The highest BCUT2D eigenvalue weighted by Crippen LogP contribution is 2.29. The summed E-state index contributed by atoms with van der Waals surface area (Å²) in [5.74, 6) is 0. The Balaban J connectivity index is 2.75. The molecule has 0 saturated carbocycles. The fourth-order valence-corrected chi connectivity index (χ4v) is 2.35. The predicted octanol–water partition coefficient (Wildman–Crippen LogP) is 2.58. The zero-order valence-electron chi connectivity index (χ0n) is 6.45. The topological polar surface area (TPSA) is 38.9 Å². The maximum atomic E-state index is 5.96. The number of thiophene rings is 1. The van der Waals surface area contributed by atoms with Crippen LogP contribution in [0.4, 0.5) is 0 Å². The second-order valence-electron chi connectivity index (χ2n) is 2.48. The Morgan fingerprint density at radius 1 is 1.62 bits per heavy atom. The summed E-state index contributed by atoms with van der Waals surface area (Å²) in [7, 11) is 0. The average molecular weight is 229 g/mol. The Kier molecular flexibility index (Phi) is 2.19. The van der Waals surface area contributed by atoms with Gasteiger partial charge in [0.05, 0.1) is 20.1 Å². The first-order chi connectivity index (χ1) is 6.18. The van der Waals surface area contributed by atoms with E-state index in [1.807, 2.05) is 6.07 Å². The fraction of sp³-hybridized carbons (Fsp3) is 0. The van der Waals surface area contributed by atoms with Gasteiger partial charge in [-0.15, -0.1) is 11.3 Å². The molecule has 0 aromatic carbocycles. The van der Waals surface area contributed by atoms with Crippen molar-refractivity contribution < 1.29 is 0 Å². The Labute approximate surface area is 89.3 Å². The summed E-state index contributed by atoms with van der Waals surface area (Å²) in [4.78, 5) is 5.40. The van der Waals surface area contributed by atoms with Gasteiger partial charge in [0.2, 0.25) is 0 Å². The van der Waals surface area contributed by atoms with Crippen LogP contribution in [0.15, 0.2) is 18.3 Å². The summed E-state index contributed by atoms with van der Waals surface area (Å²) in [6.07, 6.45) is 1.67. The Morgan fingerprint density at radius 3 is 3.00 bits per heavy atom. The Bertz CT molecular complexity index is 478. The van der Waals surface area contributed by atoms with Crippen LogP contribution in [0.5, 0.6) is 0 Å². The van der Waals surface area contributed by atoms with Crippen LogP contribution >= 0.6 is 35.2 Å². The van der Waals surface area contributed by atoms with E-state index in [2.05, 4.69) is 4.98 Å². The number of hydrogen-bond donors (Lipinski definition) is 1. The SMILES string of the molecule is NC(=S)c1cc2nccc(Cl)c2s1. The third kappa shape index (κ3) is 1.52. The van der Waals surface area contributed by atoms with E-state index in [1.165, 1.54) is 11.3 Å². The first kappa shape index (κ1) is 8.87. The lowest BCUT2D eigenvalue weighted by Gasteiger charge is -1.88. The van der Waals surface area contributed by atoms with E-state index in [1.54, 1.807) is 12.3 Å². The van der Waals surface area contributed by atoms with Crippen LogP contribution in [0.25, 0.3) is 10.2 Å². The maximum Gasteiger partial charge on any atom is 0.114 e. The van der Waals surface area contributed by atoms with Gasteiger partial charge in [0, 0.05) is 6.20 Å². The lowest BCUT2D eigenvalue weighted by atomic mass is 10.4. The zero-order valence-corrected chi connectivity index (χ0v) is 8.84. The minimum absolute atomic E-state index is 0.388. The van der Waals surface area contributed by atoms with Crippen molar-refractivity contribution in [1.29, 1.82) is 0 Å². The van der Waals surface area contributed by atoms with Crippen molar-refractivity contribution in [3.8, 4) is 0 Å². The number of rotatable bonds is 1. The molecule has 0 atom stereocenters. The van der Waals surface area contributed by atoms with Gasteiger partial charge in [-0.3, -0.25) is 4.98 Å². The van der Waals surface area contributed by atoms with Gasteiger partial charge in [0.15, 0.2) is 0 Å². The smallest absolute Gasteiger partial charge is 0.114 e. The van der Waals surface area contributed by atoms with Crippen LogP contribution in [0.1, 0.15) is 4.88 Å². The van der Waals surface area contributed by atoms with Crippen LogP contribution in [0.2, 0.25) is 5.02 Å². The van der Waals surface area contributed by atoms with Crippen molar-refractivity contribution >= 4 is 50.4 Å². The molecule has 0 aliphatic carbocycles. The number of pyridine rings is 1. The highest BCUT2D eigenvalue weighted by atomic mass is 35.5. The summed E-state index contributed by atoms with van der Waals surface area (Å²) in [5.41, 5.74) is 6.35. The fourth-order valence-electron chi connectivity index (χ4n) is 1.03. The van der Waals surface area contributed by atoms with Crippen molar-refractivity contribution in [2.24, 2.45) is 5.73 Å². The van der Waals surface area contributed by atoms with Gasteiger partial charge in [-0.05, 0) is 12.1 Å². The van der Waals surface area contributed by atoms with E-state index in [4.69, 9.17) is 29.6 Å². The molecule has 66 valence electrons. The molecule has 0 fully saturated rings. The zero-order chi connectivity index (χ0) is 9.42. The summed E-state index contributed by atoms with van der Waals surface area (Å²) in [6.45, 7) is 0. The molecule has 2 aromatic rings. The van der Waals surface area contributed by atoms with Gasteiger partial charge < -0.3 is 5.73 Å². The third-order valence-corrected chi connectivity index (χ3v) is 3.57. The lowest BCUT2D eigenvalue weighted by molar-refractivity contribution is 1.43. The molecule has 0 unspecified atom stereocenters. The molecule has 0 radical (unpaired) electrons. The second kappa shape index (κ2) is 3.21. The van der Waals surface area contributed by atoms with Gasteiger partial charge in [-0.25, -0.2) is 0 Å². The summed E-state index contributed by atoms with van der Waals surface area (Å²) in [5, 5.41) is 0.692. The minimum atomic E-state index is 0.388. The van der Waals surface area contributed by atoms with Gasteiger partial charge in [0.1, 0.15) is 4.99 Å². The highest BCUT2D eigenvalue weighted by Gasteiger charge is 2.06. The Hall–Kier alpha value is -0.710. The third-order valence-electron chi connectivity index (χ3n) is 1.61. The quantitative estimate of drug-likeness (QED) is 0.763. The summed E-state index contributed by atoms with van der Waals surface area (Å²) in [6, 6.07) is 3.61. The number of aromatic nitrogens is 1. The molecule has 2 aromatic heterocycles. The minimum Gasteiger partial charge on any atom is -0.389 e.